The van der Waals surface area contributed by atoms with Gasteiger partial charge < -0.3 is 4.74 Å². The number of allylic oxidation sites excluding steroid dienone is 3. The number of esters is 1. The van der Waals surface area contributed by atoms with Crippen LogP contribution in [0.5, 0.6) is 0 Å². The summed E-state index contributed by atoms with van der Waals surface area (Å²) in [5.74, 6) is -0.463. The molecule has 0 spiro atoms. The molecule has 0 atom stereocenters. The summed E-state index contributed by atoms with van der Waals surface area (Å²) in [6.07, 6.45) is -1.05. The van der Waals surface area contributed by atoms with E-state index in [-0.39, 0.29) is 12.2 Å². The average molecular weight is 371 g/mol. The monoisotopic (exact) mass is 371 g/mol. The minimum Gasteiger partial charge on any atom is -0.463 e. The third-order valence-electron chi connectivity index (χ3n) is 3.55. The first kappa shape index (κ1) is 21.4. The van der Waals surface area contributed by atoms with Crippen LogP contribution < -0.4 is 0 Å². The van der Waals surface area contributed by atoms with Gasteiger partial charge >= 0.3 is 12.1 Å². The molecular formula is C18H20F3NO4. The Morgan fingerprint density at radius 2 is 1.88 bits per heavy atom. The fraction of sp³-hybridized carbons (Fsp3) is 0.389. The van der Waals surface area contributed by atoms with Crippen LogP contribution >= 0.6 is 0 Å². The van der Waals surface area contributed by atoms with Crippen molar-refractivity contribution in [1.29, 1.82) is 0 Å². The standard InChI is InChI=1S/C16H14F3NO4.C2H6/c1-2-24-15(21)11-5-3-10(4-6-11)13-8-7-12(16(17,18)19)9-14(13)20(22)23;1-2/h3,5,7-9H,2,4,6H2,1H3;1-2H3. The lowest BCUT2D eigenvalue weighted by atomic mass is 9.91. The van der Waals surface area contributed by atoms with Crippen molar-refractivity contribution < 1.29 is 27.6 Å². The number of halogens is 3. The van der Waals surface area contributed by atoms with Crippen molar-refractivity contribution in [3.8, 4) is 0 Å². The van der Waals surface area contributed by atoms with E-state index in [4.69, 9.17) is 4.74 Å². The molecule has 0 radical (unpaired) electrons. The topological polar surface area (TPSA) is 69.4 Å². The third-order valence-corrected chi connectivity index (χ3v) is 3.55. The smallest absolute Gasteiger partial charge is 0.416 e. The number of carbonyl (C=O) groups is 1. The predicted molar refractivity (Wildman–Crippen MR) is 91.4 cm³/mol. The van der Waals surface area contributed by atoms with Gasteiger partial charge in [0, 0.05) is 11.6 Å². The van der Waals surface area contributed by atoms with E-state index in [2.05, 4.69) is 0 Å². The van der Waals surface area contributed by atoms with Crippen LogP contribution in [0.25, 0.3) is 5.57 Å². The van der Waals surface area contributed by atoms with Crippen molar-refractivity contribution in [3.05, 3.63) is 57.2 Å². The van der Waals surface area contributed by atoms with Crippen LogP contribution in [0, 0.1) is 10.1 Å². The Kier molecular flexibility index (Phi) is 7.55. The normalized spacial score (nSPS) is 13.8. The first-order valence-electron chi connectivity index (χ1n) is 8.17. The van der Waals surface area contributed by atoms with Crippen molar-refractivity contribution >= 4 is 17.2 Å². The summed E-state index contributed by atoms with van der Waals surface area (Å²) in [5.41, 5.74) is -0.632. The van der Waals surface area contributed by atoms with Gasteiger partial charge in [-0.1, -0.05) is 26.0 Å². The van der Waals surface area contributed by atoms with Crippen molar-refractivity contribution in [1.82, 2.24) is 0 Å². The second-order valence-corrected chi connectivity index (χ2v) is 5.09. The van der Waals surface area contributed by atoms with Crippen LogP contribution in [0.15, 0.2) is 35.9 Å². The number of hydrogen-bond donors (Lipinski definition) is 0. The van der Waals surface area contributed by atoms with Crippen LogP contribution in [0.1, 0.15) is 44.7 Å². The second kappa shape index (κ2) is 9.17. The molecule has 8 heteroatoms. The van der Waals surface area contributed by atoms with E-state index in [1.54, 1.807) is 6.92 Å². The summed E-state index contributed by atoms with van der Waals surface area (Å²) in [5, 5.41) is 11.1. The Labute approximate surface area is 149 Å². The number of hydrogen-bond acceptors (Lipinski definition) is 4. The predicted octanol–water partition coefficient (Wildman–Crippen LogP) is 5.31. The zero-order valence-corrected chi connectivity index (χ0v) is 14.7. The van der Waals surface area contributed by atoms with Crippen LogP contribution in [0.3, 0.4) is 0 Å². The summed E-state index contributed by atoms with van der Waals surface area (Å²) in [6, 6.07) is 2.44. The maximum absolute atomic E-state index is 12.7. The summed E-state index contributed by atoms with van der Waals surface area (Å²) in [7, 11) is 0. The third kappa shape index (κ3) is 5.18. The highest BCUT2D eigenvalue weighted by molar-refractivity contribution is 5.91. The molecular weight excluding hydrogens is 351 g/mol. The molecule has 142 valence electrons. The Morgan fingerprint density at radius 3 is 2.35 bits per heavy atom. The lowest BCUT2D eigenvalue weighted by molar-refractivity contribution is -0.385. The molecule has 1 aliphatic rings. The van der Waals surface area contributed by atoms with Gasteiger partial charge in [0.1, 0.15) is 0 Å². The molecule has 0 fully saturated rings. The molecule has 0 saturated heterocycles. The van der Waals surface area contributed by atoms with E-state index < -0.39 is 28.3 Å². The Morgan fingerprint density at radius 1 is 1.23 bits per heavy atom. The van der Waals surface area contributed by atoms with Crippen molar-refractivity contribution in [2.45, 2.75) is 39.8 Å². The molecule has 1 aromatic rings. The molecule has 0 aromatic heterocycles. The second-order valence-electron chi connectivity index (χ2n) is 5.09. The van der Waals surface area contributed by atoms with Crippen LogP contribution in [0.2, 0.25) is 0 Å². The highest BCUT2D eigenvalue weighted by Gasteiger charge is 2.33. The maximum Gasteiger partial charge on any atom is 0.416 e. The van der Waals surface area contributed by atoms with Gasteiger partial charge in [-0.05, 0) is 37.5 Å². The molecule has 26 heavy (non-hydrogen) atoms. The Hall–Kier alpha value is -2.64. The lowest BCUT2D eigenvalue weighted by Crippen LogP contribution is -2.10. The molecule has 0 bridgehead atoms. The van der Waals surface area contributed by atoms with Gasteiger partial charge in [-0.3, -0.25) is 10.1 Å². The molecule has 0 amide bonds. The van der Waals surface area contributed by atoms with E-state index in [1.165, 1.54) is 12.2 Å². The summed E-state index contributed by atoms with van der Waals surface area (Å²) in [4.78, 5) is 21.9. The molecule has 1 aliphatic carbocycles. The van der Waals surface area contributed by atoms with Gasteiger partial charge in [-0.2, -0.15) is 13.2 Å². The first-order valence-corrected chi connectivity index (χ1v) is 8.17. The molecule has 1 aromatic carbocycles. The van der Waals surface area contributed by atoms with E-state index in [0.717, 1.165) is 12.1 Å². The summed E-state index contributed by atoms with van der Waals surface area (Å²) in [6.45, 7) is 5.91. The number of rotatable bonds is 4. The Balaban J connectivity index is 0.00000163. The van der Waals surface area contributed by atoms with Crippen LogP contribution in [-0.2, 0) is 15.7 Å². The van der Waals surface area contributed by atoms with Gasteiger partial charge in [0.25, 0.3) is 5.69 Å². The van der Waals surface area contributed by atoms with Crippen molar-refractivity contribution in [3.63, 3.8) is 0 Å². The Bertz CT molecular complexity index is 736. The molecule has 0 aliphatic heterocycles. The first-order chi connectivity index (χ1) is 12.2. The maximum atomic E-state index is 12.7. The number of alkyl halides is 3. The SMILES string of the molecule is CC.CCOC(=O)C1=CC=C(c2ccc(C(F)(F)F)cc2[N+](=O)[O-])CC1. The van der Waals surface area contributed by atoms with Gasteiger partial charge in [-0.15, -0.1) is 0 Å². The van der Waals surface area contributed by atoms with Gasteiger partial charge in [0.2, 0.25) is 0 Å². The number of nitro groups is 1. The highest BCUT2D eigenvalue weighted by atomic mass is 19.4. The zero-order valence-electron chi connectivity index (χ0n) is 14.7. The molecule has 0 N–H and O–H groups in total. The summed E-state index contributed by atoms with van der Waals surface area (Å²) < 4.78 is 43.0. The number of carbonyl (C=O) groups excluding carboxylic acids is 1. The molecule has 2 rings (SSSR count). The molecule has 5 nitrogen and oxygen atoms in total. The quantitative estimate of drug-likeness (QED) is 0.409. The molecule has 0 heterocycles. The average Bonchev–Trinajstić information content (AvgIpc) is 2.62. The number of benzene rings is 1. The summed E-state index contributed by atoms with van der Waals surface area (Å²) >= 11 is 0. The minimum absolute atomic E-state index is 0.118. The molecule has 0 unspecified atom stereocenters. The van der Waals surface area contributed by atoms with Gasteiger partial charge in [0.15, 0.2) is 0 Å². The van der Waals surface area contributed by atoms with E-state index in [1.807, 2.05) is 13.8 Å². The fourth-order valence-electron chi connectivity index (χ4n) is 2.39. The number of ether oxygens (including phenoxy) is 1. The minimum atomic E-state index is -4.65. The lowest BCUT2D eigenvalue weighted by Gasteiger charge is -2.15. The zero-order chi connectivity index (χ0) is 19.9. The highest BCUT2D eigenvalue weighted by Crippen LogP contribution is 2.37. The van der Waals surface area contributed by atoms with Crippen LogP contribution in [-0.4, -0.2) is 17.5 Å². The number of nitro benzene ring substituents is 1. The number of nitrogens with zero attached hydrogens (tertiary/aromatic N) is 1. The van der Waals surface area contributed by atoms with Crippen molar-refractivity contribution in [2.24, 2.45) is 0 Å². The van der Waals surface area contributed by atoms with Gasteiger partial charge in [-0.25, -0.2) is 4.79 Å². The fourth-order valence-corrected chi connectivity index (χ4v) is 2.39. The van der Waals surface area contributed by atoms with E-state index in [9.17, 15) is 28.1 Å². The van der Waals surface area contributed by atoms with E-state index in [0.29, 0.717) is 30.1 Å². The largest absolute Gasteiger partial charge is 0.463 e. The van der Waals surface area contributed by atoms with E-state index >= 15 is 0 Å². The van der Waals surface area contributed by atoms with Gasteiger partial charge in [0.05, 0.1) is 22.7 Å². The van der Waals surface area contributed by atoms with Crippen LogP contribution in [0.4, 0.5) is 18.9 Å². The van der Waals surface area contributed by atoms with Crippen molar-refractivity contribution in [2.75, 3.05) is 6.61 Å². The molecule has 0 saturated carbocycles.